The zero-order valence-corrected chi connectivity index (χ0v) is 4.40. The molecule has 5 N–H and O–H groups in total. The van der Waals surface area contributed by atoms with Gasteiger partial charge in [0, 0.05) is 0 Å². The highest BCUT2D eigenvalue weighted by molar-refractivity contribution is 5.93. The quantitative estimate of drug-likeness (QED) is 0.239. The van der Waals surface area contributed by atoms with Crippen molar-refractivity contribution in [2.45, 2.75) is 0 Å². The Morgan fingerprint density at radius 3 is 2.00 bits per heavy atom. The molecule has 0 heterocycles. The van der Waals surface area contributed by atoms with Crippen molar-refractivity contribution in [3.8, 4) is 0 Å². The summed E-state index contributed by atoms with van der Waals surface area (Å²) >= 11 is 0. The zero-order valence-electron chi connectivity index (χ0n) is 4.40. The molecule has 0 atom stereocenters. The number of carbonyl (C=O) groups is 1. The molecule has 48 valence electrons. The third kappa shape index (κ3) is 1.65. The largest absolute Gasteiger partial charge is 0.506 e. The van der Waals surface area contributed by atoms with Crippen molar-refractivity contribution < 1.29 is 9.90 Å². The van der Waals surface area contributed by atoms with Crippen LogP contribution in [0, 0.1) is 5.39 Å². The van der Waals surface area contributed by atoms with Crippen LogP contribution in [0.5, 0.6) is 0 Å². The Bertz CT molecular complexity index is 196. The fourth-order valence-corrected chi connectivity index (χ4v) is 0.227. The molecule has 0 aliphatic carbocycles. The number of aliphatic hydroxyl groups is 1. The van der Waals surface area contributed by atoms with Gasteiger partial charge < -0.3 is 16.6 Å². The van der Waals surface area contributed by atoms with E-state index in [1.54, 1.807) is 0 Å². The van der Waals surface area contributed by atoms with Crippen molar-refractivity contribution in [1.82, 2.24) is 0 Å². The summed E-state index contributed by atoms with van der Waals surface area (Å²) in [7, 11) is 0. The third-order valence-corrected chi connectivity index (χ3v) is 0.576. The molecule has 0 spiro atoms. The first-order valence-corrected chi connectivity index (χ1v) is 1.93. The van der Waals surface area contributed by atoms with Crippen molar-refractivity contribution in [2.75, 3.05) is 0 Å². The minimum Gasteiger partial charge on any atom is -0.489 e. The van der Waals surface area contributed by atoms with Gasteiger partial charge in [-0.25, -0.2) is 0 Å². The first-order chi connectivity index (χ1) is 4.09. The molecule has 0 aromatic heterocycles. The molecule has 0 unspecified atom stereocenters. The van der Waals surface area contributed by atoms with Gasteiger partial charge in [0.25, 0.3) is 5.88 Å². The minimum atomic E-state index is -1.09. The summed E-state index contributed by atoms with van der Waals surface area (Å²) in [6.45, 7) is 0. The second kappa shape index (κ2) is 2.52. The van der Waals surface area contributed by atoms with E-state index in [0.717, 1.165) is 0 Å². The molecular formula is C3H5N4O2+. The smallest absolute Gasteiger partial charge is 0.489 e. The van der Waals surface area contributed by atoms with Crippen molar-refractivity contribution >= 4 is 5.91 Å². The van der Waals surface area contributed by atoms with E-state index in [0.29, 0.717) is 0 Å². The highest BCUT2D eigenvalue weighted by atomic mass is 16.3. The van der Waals surface area contributed by atoms with Crippen molar-refractivity contribution in [1.29, 1.82) is 5.39 Å². The van der Waals surface area contributed by atoms with E-state index in [1.807, 2.05) is 0 Å². The number of aliphatic hydroxyl groups excluding tert-OH is 1. The van der Waals surface area contributed by atoms with Gasteiger partial charge in [-0.3, -0.25) is 4.79 Å². The average molecular weight is 129 g/mol. The fraction of sp³-hybridized carbons (Fsp3) is 0. The summed E-state index contributed by atoms with van der Waals surface area (Å²) < 4.78 is 0. The van der Waals surface area contributed by atoms with Crippen LogP contribution in [0.2, 0.25) is 0 Å². The van der Waals surface area contributed by atoms with Gasteiger partial charge in [-0.1, -0.05) is 0 Å². The van der Waals surface area contributed by atoms with Gasteiger partial charge >= 0.3 is 11.6 Å². The minimum absolute atomic E-state index is 0.741. The number of hydrogen-bond donors (Lipinski definition) is 3. The van der Waals surface area contributed by atoms with Crippen LogP contribution in [0.25, 0.3) is 4.98 Å². The maximum absolute atomic E-state index is 10.0. The Morgan fingerprint density at radius 1 is 1.56 bits per heavy atom. The topological polar surface area (TPSA) is 117 Å². The van der Waals surface area contributed by atoms with E-state index < -0.39 is 17.5 Å². The molecule has 0 saturated carbocycles. The van der Waals surface area contributed by atoms with Crippen LogP contribution in [-0.4, -0.2) is 11.0 Å². The molecule has 0 fully saturated rings. The number of nitrogens with two attached hydrogens (primary N) is 2. The standard InChI is InChI=1S/C3H4N4O2/c4-2(8)1(7-6)3(5)9/h(H4-,4,5,8,9)/p+1. The lowest BCUT2D eigenvalue weighted by molar-refractivity contribution is -0.114. The molecule has 0 radical (unpaired) electrons. The summed E-state index contributed by atoms with van der Waals surface area (Å²) in [6, 6.07) is 0. The number of amides is 1. The molecule has 9 heavy (non-hydrogen) atoms. The summed E-state index contributed by atoms with van der Waals surface area (Å²) in [5.41, 5.74) is 8.45. The number of hydrogen-bond acceptors (Lipinski definition) is 4. The van der Waals surface area contributed by atoms with E-state index in [9.17, 15) is 4.79 Å². The van der Waals surface area contributed by atoms with Crippen LogP contribution in [0.1, 0.15) is 0 Å². The number of rotatable bonds is 1. The molecule has 1 amide bonds. The van der Waals surface area contributed by atoms with Crippen LogP contribution in [0.15, 0.2) is 11.6 Å². The van der Waals surface area contributed by atoms with E-state index in [2.05, 4.69) is 16.4 Å². The second-order valence-corrected chi connectivity index (χ2v) is 1.20. The average Bonchev–Trinajstić information content (AvgIpc) is 1.64. The van der Waals surface area contributed by atoms with Crippen LogP contribution in [-0.2, 0) is 4.79 Å². The van der Waals surface area contributed by atoms with Gasteiger partial charge in [0.1, 0.15) is 0 Å². The monoisotopic (exact) mass is 129 g/mol. The lowest BCUT2D eigenvalue weighted by Gasteiger charge is -1.79. The maximum Gasteiger partial charge on any atom is 0.506 e. The Morgan fingerprint density at radius 2 is 2.00 bits per heavy atom. The number of carbonyl (C=O) groups excluding carboxylic acids is 1. The molecule has 6 nitrogen and oxygen atoms in total. The summed E-state index contributed by atoms with van der Waals surface area (Å²) in [5.74, 6) is -1.98. The number of primary amides is 1. The van der Waals surface area contributed by atoms with Gasteiger partial charge in [0.2, 0.25) is 5.39 Å². The molecule has 0 bridgehead atoms. The first kappa shape index (κ1) is 7.23. The lowest BCUT2D eigenvalue weighted by Crippen LogP contribution is -2.16. The first-order valence-electron chi connectivity index (χ1n) is 1.93. The highest BCUT2D eigenvalue weighted by Crippen LogP contribution is 1.94. The summed E-state index contributed by atoms with van der Waals surface area (Å²) in [6.07, 6.45) is 0. The van der Waals surface area contributed by atoms with Gasteiger partial charge in [0.15, 0.2) is 4.98 Å². The van der Waals surface area contributed by atoms with Crippen LogP contribution >= 0.6 is 0 Å². The van der Waals surface area contributed by atoms with Crippen molar-refractivity contribution in [2.24, 2.45) is 11.5 Å². The Hall–Kier alpha value is -1.77. The molecule has 0 aliphatic rings. The van der Waals surface area contributed by atoms with Gasteiger partial charge in [-0.15, -0.1) is 0 Å². The lowest BCUT2D eigenvalue weighted by atomic mass is 10.4. The molecule has 0 saturated heterocycles. The Balaban J connectivity index is 4.62. The molecule has 0 aromatic carbocycles. The van der Waals surface area contributed by atoms with Crippen LogP contribution < -0.4 is 11.5 Å². The fourth-order valence-electron chi connectivity index (χ4n) is 0.227. The molecular weight excluding hydrogens is 124 g/mol. The third-order valence-electron chi connectivity index (χ3n) is 0.576. The van der Waals surface area contributed by atoms with E-state index in [-0.39, 0.29) is 0 Å². The predicted octanol–water partition coefficient (Wildman–Crippen LogP) is -0.989. The summed E-state index contributed by atoms with van der Waals surface area (Å²) in [5, 5.41) is 16.2. The van der Waals surface area contributed by atoms with Crippen LogP contribution in [0.4, 0.5) is 0 Å². The predicted molar refractivity (Wildman–Crippen MR) is 28.1 cm³/mol. The van der Waals surface area contributed by atoms with E-state index in [4.69, 9.17) is 10.5 Å². The normalized spacial score (nSPS) is 11.4. The number of nitrogens with zero attached hydrogens (tertiary/aromatic N) is 2. The van der Waals surface area contributed by atoms with Crippen molar-refractivity contribution in [3.63, 3.8) is 0 Å². The molecule has 0 aliphatic heterocycles. The highest BCUT2D eigenvalue weighted by Gasteiger charge is 2.23. The van der Waals surface area contributed by atoms with Gasteiger partial charge in [-0.05, 0) is 0 Å². The molecule has 6 heteroatoms. The molecule has 0 aromatic rings. The number of diazo groups is 1. The van der Waals surface area contributed by atoms with Gasteiger partial charge in [0.05, 0.1) is 0 Å². The zero-order chi connectivity index (χ0) is 7.44. The van der Waals surface area contributed by atoms with Gasteiger partial charge in [-0.2, -0.15) is 0 Å². The van der Waals surface area contributed by atoms with E-state index in [1.165, 1.54) is 0 Å². The van der Waals surface area contributed by atoms with Crippen molar-refractivity contribution in [3.05, 3.63) is 16.6 Å². The SMILES string of the molecule is N#[N+]C(C(N)=O)=C(N)O. The van der Waals surface area contributed by atoms with E-state index >= 15 is 0 Å². The summed E-state index contributed by atoms with van der Waals surface area (Å²) in [4.78, 5) is 12.4. The molecule has 0 rings (SSSR count). The van der Waals surface area contributed by atoms with Crippen LogP contribution in [0.3, 0.4) is 0 Å². The maximum atomic E-state index is 10.0. The Labute approximate surface area is 50.4 Å². The Kier molecular flexibility index (Phi) is 2.02. The second-order valence-electron chi connectivity index (χ2n) is 1.20.